The van der Waals surface area contributed by atoms with Crippen LogP contribution >= 0.6 is 0 Å². The van der Waals surface area contributed by atoms with E-state index in [1.807, 2.05) is 0 Å². The van der Waals surface area contributed by atoms with Crippen molar-refractivity contribution in [2.24, 2.45) is 0 Å². The largest absolute Gasteiger partial charge is 0.416 e. The van der Waals surface area contributed by atoms with Crippen molar-refractivity contribution in [2.45, 2.75) is 12.6 Å². The molecule has 1 aromatic rings. The molecule has 0 bridgehead atoms. The lowest BCUT2D eigenvalue weighted by Crippen LogP contribution is -2.04. The van der Waals surface area contributed by atoms with Crippen LogP contribution < -0.4 is 0 Å². The van der Waals surface area contributed by atoms with E-state index in [0.717, 1.165) is 24.3 Å². The van der Waals surface area contributed by atoms with Gasteiger partial charge in [0.1, 0.15) is 0 Å². The van der Waals surface area contributed by atoms with Crippen molar-refractivity contribution >= 4 is 5.57 Å². The van der Waals surface area contributed by atoms with Crippen molar-refractivity contribution in [3.63, 3.8) is 0 Å². The van der Waals surface area contributed by atoms with E-state index >= 15 is 0 Å². The van der Waals surface area contributed by atoms with E-state index in [1.165, 1.54) is 0 Å². The maximum Gasteiger partial charge on any atom is 0.416 e. The molecule has 0 aliphatic heterocycles. The third-order valence-electron chi connectivity index (χ3n) is 1.85. The van der Waals surface area contributed by atoms with Crippen LogP contribution in [0, 0.1) is 0 Å². The van der Waals surface area contributed by atoms with Crippen molar-refractivity contribution in [3.05, 3.63) is 42.0 Å². The van der Waals surface area contributed by atoms with E-state index in [9.17, 15) is 22.0 Å². The van der Waals surface area contributed by atoms with Crippen LogP contribution in [-0.4, -0.2) is 6.43 Å². The third-order valence-corrected chi connectivity index (χ3v) is 1.85. The molecule has 1 rings (SSSR count). The van der Waals surface area contributed by atoms with Gasteiger partial charge in [0, 0.05) is 5.57 Å². The van der Waals surface area contributed by atoms with Gasteiger partial charge in [0.25, 0.3) is 6.43 Å². The van der Waals surface area contributed by atoms with Gasteiger partial charge >= 0.3 is 6.18 Å². The van der Waals surface area contributed by atoms with Crippen molar-refractivity contribution in [2.75, 3.05) is 0 Å². The first-order valence-electron chi connectivity index (χ1n) is 3.97. The van der Waals surface area contributed by atoms with Crippen LogP contribution in [0.5, 0.6) is 0 Å². The Morgan fingerprint density at radius 1 is 1.07 bits per heavy atom. The van der Waals surface area contributed by atoms with E-state index < -0.39 is 23.7 Å². The maximum atomic E-state index is 12.1. The molecule has 0 fully saturated rings. The monoisotopic (exact) mass is 222 g/mol. The molecule has 82 valence electrons. The lowest BCUT2D eigenvalue weighted by atomic mass is 10.1. The Kier molecular flexibility index (Phi) is 3.12. The van der Waals surface area contributed by atoms with Crippen LogP contribution in [0.4, 0.5) is 22.0 Å². The Labute approximate surface area is 83.0 Å². The number of halogens is 5. The molecule has 0 heterocycles. The average molecular weight is 222 g/mol. The van der Waals surface area contributed by atoms with E-state index in [0.29, 0.717) is 0 Å². The molecule has 0 aromatic heterocycles. The first-order chi connectivity index (χ1) is 6.82. The van der Waals surface area contributed by atoms with Gasteiger partial charge in [0.2, 0.25) is 0 Å². The Morgan fingerprint density at radius 2 is 1.53 bits per heavy atom. The molecule has 15 heavy (non-hydrogen) atoms. The van der Waals surface area contributed by atoms with Gasteiger partial charge in [-0.2, -0.15) is 13.2 Å². The summed E-state index contributed by atoms with van der Waals surface area (Å²) in [6.07, 6.45) is -7.22. The Bertz CT molecular complexity index is 347. The summed E-state index contributed by atoms with van der Waals surface area (Å²) in [5.74, 6) is 0. The minimum atomic E-state index is -4.45. The molecule has 0 aliphatic rings. The van der Waals surface area contributed by atoms with Crippen molar-refractivity contribution in [1.29, 1.82) is 0 Å². The van der Waals surface area contributed by atoms with Crippen molar-refractivity contribution in [3.8, 4) is 0 Å². The van der Waals surface area contributed by atoms with Gasteiger partial charge in [-0.05, 0) is 17.7 Å². The van der Waals surface area contributed by atoms with Crippen LogP contribution in [0.15, 0.2) is 30.8 Å². The molecule has 0 atom stereocenters. The van der Waals surface area contributed by atoms with Crippen molar-refractivity contribution in [1.82, 2.24) is 0 Å². The number of hydrogen-bond donors (Lipinski definition) is 0. The van der Waals surface area contributed by atoms with Gasteiger partial charge in [-0.25, -0.2) is 8.78 Å². The van der Waals surface area contributed by atoms with Gasteiger partial charge in [0.15, 0.2) is 0 Å². The predicted octanol–water partition coefficient (Wildman–Crippen LogP) is 3.98. The Morgan fingerprint density at radius 3 is 1.87 bits per heavy atom. The fraction of sp³-hybridized carbons (Fsp3) is 0.200. The SMILES string of the molecule is C=C(c1ccc(C(F)(F)F)cc1)C(F)F. The lowest BCUT2D eigenvalue weighted by molar-refractivity contribution is -0.137. The summed E-state index contributed by atoms with van der Waals surface area (Å²) in [7, 11) is 0. The molecular formula is C10H7F5. The van der Waals surface area contributed by atoms with Gasteiger partial charge in [-0.3, -0.25) is 0 Å². The van der Waals surface area contributed by atoms with Crippen LogP contribution in [0.3, 0.4) is 0 Å². The number of allylic oxidation sites excluding steroid dienone is 1. The van der Waals surface area contributed by atoms with E-state index in [-0.39, 0.29) is 5.56 Å². The molecular weight excluding hydrogens is 215 g/mol. The molecule has 0 radical (unpaired) electrons. The lowest BCUT2D eigenvalue weighted by Gasteiger charge is -2.08. The molecule has 0 spiro atoms. The summed E-state index contributed by atoms with van der Waals surface area (Å²) >= 11 is 0. The molecule has 0 saturated carbocycles. The molecule has 5 heteroatoms. The summed E-state index contributed by atoms with van der Waals surface area (Å²) < 4.78 is 60.6. The first-order valence-corrected chi connectivity index (χ1v) is 3.97. The second kappa shape index (κ2) is 4.00. The maximum absolute atomic E-state index is 12.1. The zero-order valence-electron chi connectivity index (χ0n) is 7.48. The molecule has 0 amide bonds. The topological polar surface area (TPSA) is 0 Å². The highest BCUT2D eigenvalue weighted by molar-refractivity contribution is 5.65. The standard InChI is InChI=1S/C10H7F5/c1-6(9(11)12)7-2-4-8(5-3-7)10(13,14)15/h2-5,9H,1H2. The van der Waals surface area contributed by atoms with Gasteiger partial charge in [0.05, 0.1) is 5.56 Å². The van der Waals surface area contributed by atoms with Gasteiger partial charge in [-0.15, -0.1) is 0 Å². The Balaban J connectivity index is 2.96. The van der Waals surface area contributed by atoms with E-state index in [4.69, 9.17) is 0 Å². The van der Waals surface area contributed by atoms with E-state index in [1.54, 1.807) is 0 Å². The normalized spacial score (nSPS) is 11.9. The quantitative estimate of drug-likeness (QED) is 0.664. The second-order valence-corrected chi connectivity index (χ2v) is 2.90. The van der Waals surface area contributed by atoms with Crippen LogP contribution in [0.25, 0.3) is 5.57 Å². The van der Waals surface area contributed by atoms with Crippen molar-refractivity contribution < 1.29 is 22.0 Å². The second-order valence-electron chi connectivity index (χ2n) is 2.90. The molecule has 1 aromatic carbocycles. The highest BCUT2D eigenvalue weighted by Gasteiger charge is 2.30. The number of alkyl halides is 5. The summed E-state index contributed by atoms with van der Waals surface area (Å²) in [4.78, 5) is 0. The summed E-state index contributed by atoms with van der Waals surface area (Å²) in [6, 6.07) is 3.47. The number of rotatable bonds is 2. The summed E-state index contributed by atoms with van der Waals surface area (Å²) in [6.45, 7) is 3.09. The molecule has 0 saturated heterocycles. The zero-order chi connectivity index (χ0) is 11.6. The fourth-order valence-electron chi connectivity index (χ4n) is 0.999. The van der Waals surface area contributed by atoms with E-state index in [2.05, 4.69) is 6.58 Å². The van der Waals surface area contributed by atoms with Gasteiger partial charge in [-0.1, -0.05) is 18.7 Å². The third kappa shape index (κ3) is 2.78. The molecule has 0 aliphatic carbocycles. The predicted molar refractivity (Wildman–Crippen MR) is 46.5 cm³/mol. The van der Waals surface area contributed by atoms with Crippen LogP contribution in [-0.2, 0) is 6.18 Å². The summed E-state index contributed by atoms with van der Waals surface area (Å²) in [5, 5.41) is 0. The summed E-state index contributed by atoms with van der Waals surface area (Å²) in [5.41, 5.74) is -1.34. The fourth-order valence-corrected chi connectivity index (χ4v) is 0.999. The minimum absolute atomic E-state index is 0.0120. The molecule has 0 nitrogen and oxygen atoms in total. The minimum Gasteiger partial charge on any atom is -0.205 e. The van der Waals surface area contributed by atoms with Crippen LogP contribution in [0.2, 0.25) is 0 Å². The Hall–Kier alpha value is -1.39. The van der Waals surface area contributed by atoms with Crippen LogP contribution in [0.1, 0.15) is 11.1 Å². The smallest absolute Gasteiger partial charge is 0.205 e. The molecule has 0 unspecified atom stereocenters. The number of benzene rings is 1. The molecule has 0 N–H and O–H groups in total. The first kappa shape index (κ1) is 11.7. The average Bonchev–Trinajstić information content (AvgIpc) is 2.15. The number of hydrogen-bond acceptors (Lipinski definition) is 0. The zero-order valence-corrected chi connectivity index (χ0v) is 7.48. The highest BCUT2D eigenvalue weighted by Crippen LogP contribution is 2.30. The highest BCUT2D eigenvalue weighted by atomic mass is 19.4. The van der Waals surface area contributed by atoms with Gasteiger partial charge < -0.3 is 0 Å².